The summed E-state index contributed by atoms with van der Waals surface area (Å²) in [5.74, 6) is 0.666. The Bertz CT molecular complexity index is 121. The Balaban J connectivity index is 1.93. The smallest absolute Gasteiger partial charge is 0.0507 e. The Labute approximate surface area is 79.9 Å². The van der Waals surface area contributed by atoms with Crippen molar-refractivity contribution in [1.82, 2.24) is 4.42 Å². The minimum Gasteiger partial charge on any atom is -0.381 e. The Morgan fingerprint density at radius 3 is 3.00 bits per heavy atom. The number of nitrogens with zero attached hydrogens (tertiary/aromatic N) is 1. The molecule has 1 heterocycles. The Kier molecular flexibility index (Phi) is 4.96. The third-order valence-electron chi connectivity index (χ3n) is 2.23. The van der Waals surface area contributed by atoms with Gasteiger partial charge in [0, 0.05) is 19.7 Å². The molecule has 1 rings (SSSR count). The molecule has 0 amide bonds. The van der Waals surface area contributed by atoms with Gasteiger partial charge in [0.15, 0.2) is 0 Å². The highest BCUT2D eigenvalue weighted by molar-refractivity contribution is 6.13. The van der Waals surface area contributed by atoms with Gasteiger partial charge < -0.3 is 4.74 Å². The van der Waals surface area contributed by atoms with Crippen LogP contribution in [0.5, 0.6) is 0 Å². The molecule has 3 heteroatoms. The molecule has 1 fully saturated rings. The van der Waals surface area contributed by atoms with Crippen LogP contribution in [0, 0.1) is 5.92 Å². The molecule has 2 nitrogen and oxygen atoms in total. The molecule has 0 aromatic rings. The van der Waals surface area contributed by atoms with Crippen LogP contribution in [0.2, 0.25) is 0 Å². The lowest BCUT2D eigenvalue weighted by Crippen LogP contribution is -2.13. The monoisotopic (exact) mass is 191 g/mol. The summed E-state index contributed by atoms with van der Waals surface area (Å²) in [5.41, 5.74) is 0. The second kappa shape index (κ2) is 5.79. The fourth-order valence-electron chi connectivity index (χ4n) is 1.42. The Morgan fingerprint density at radius 1 is 1.58 bits per heavy atom. The molecule has 0 spiro atoms. The third-order valence-corrected chi connectivity index (χ3v) is 2.54. The zero-order valence-corrected chi connectivity index (χ0v) is 8.52. The van der Waals surface area contributed by atoms with Crippen LogP contribution >= 0.6 is 11.8 Å². The molecule has 0 aliphatic carbocycles. The fraction of sp³-hybridized carbons (Fsp3) is 1.00. The summed E-state index contributed by atoms with van der Waals surface area (Å²) in [7, 11) is 0. The molecule has 0 aromatic carbocycles. The molecule has 0 radical (unpaired) electrons. The summed E-state index contributed by atoms with van der Waals surface area (Å²) in [4.78, 5) is 0. The minimum absolute atomic E-state index is 0.666. The number of unbranched alkanes of at least 4 members (excludes halogenated alkanes) is 1. The average Bonchev–Trinajstić information content (AvgIpc) is 2.45. The van der Waals surface area contributed by atoms with Gasteiger partial charge in [-0.1, -0.05) is 13.3 Å². The summed E-state index contributed by atoms with van der Waals surface area (Å²) in [5, 5.41) is 0. The van der Waals surface area contributed by atoms with E-state index in [1.807, 2.05) is 4.42 Å². The van der Waals surface area contributed by atoms with Crippen LogP contribution in [0.15, 0.2) is 0 Å². The maximum absolute atomic E-state index is 5.82. The van der Waals surface area contributed by atoms with E-state index in [0.29, 0.717) is 5.92 Å². The SMILES string of the molecule is CCCCOC[C@@H]1CCN(Cl)C1. The normalized spacial score (nSPS) is 25.0. The number of halogens is 1. The summed E-state index contributed by atoms with van der Waals surface area (Å²) in [6.07, 6.45) is 3.58. The second-order valence-corrected chi connectivity index (χ2v) is 3.93. The van der Waals surface area contributed by atoms with E-state index < -0.39 is 0 Å². The van der Waals surface area contributed by atoms with E-state index in [-0.39, 0.29) is 0 Å². The fourth-order valence-corrected chi connectivity index (χ4v) is 1.71. The zero-order valence-electron chi connectivity index (χ0n) is 7.76. The van der Waals surface area contributed by atoms with Crippen molar-refractivity contribution in [1.29, 1.82) is 0 Å². The van der Waals surface area contributed by atoms with E-state index >= 15 is 0 Å². The van der Waals surface area contributed by atoms with Gasteiger partial charge in [-0.3, -0.25) is 0 Å². The highest BCUT2D eigenvalue weighted by atomic mass is 35.5. The van der Waals surface area contributed by atoms with Crippen molar-refractivity contribution in [3.8, 4) is 0 Å². The summed E-state index contributed by atoms with van der Waals surface area (Å²) >= 11 is 5.82. The van der Waals surface area contributed by atoms with Gasteiger partial charge in [-0.25, -0.2) is 4.42 Å². The number of ether oxygens (including phenoxy) is 1. The highest BCUT2D eigenvalue weighted by Crippen LogP contribution is 2.17. The van der Waals surface area contributed by atoms with Crippen molar-refractivity contribution in [2.75, 3.05) is 26.3 Å². The molecule has 72 valence electrons. The molecule has 1 aliphatic rings. The van der Waals surface area contributed by atoms with E-state index in [0.717, 1.165) is 26.3 Å². The van der Waals surface area contributed by atoms with Gasteiger partial charge in [-0.05, 0) is 30.5 Å². The molecular formula is C9H18ClNO. The van der Waals surface area contributed by atoms with E-state index in [4.69, 9.17) is 16.5 Å². The molecule has 1 saturated heterocycles. The van der Waals surface area contributed by atoms with Crippen LogP contribution in [0.1, 0.15) is 26.2 Å². The first-order chi connectivity index (χ1) is 5.83. The minimum atomic E-state index is 0.666. The van der Waals surface area contributed by atoms with Gasteiger partial charge >= 0.3 is 0 Å². The number of hydrogen-bond donors (Lipinski definition) is 0. The average molecular weight is 192 g/mol. The van der Waals surface area contributed by atoms with Crippen molar-refractivity contribution >= 4 is 11.8 Å². The lowest BCUT2D eigenvalue weighted by Gasteiger charge is -2.09. The van der Waals surface area contributed by atoms with Crippen molar-refractivity contribution in [2.24, 2.45) is 5.92 Å². The maximum atomic E-state index is 5.82. The number of rotatable bonds is 5. The van der Waals surface area contributed by atoms with Gasteiger partial charge in [0.2, 0.25) is 0 Å². The Hall–Kier alpha value is 0.210. The van der Waals surface area contributed by atoms with Gasteiger partial charge in [0.25, 0.3) is 0 Å². The topological polar surface area (TPSA) is 12.5 Å². The molecule has 12 heavy (non-hydrogen) atoms. The van der Waals surface area contributed by atoms with Crippen molar-refractivity contribution < 1.29 is 4.74 Å². The van der Waals surface area contributed by atoms with Crippen LogP contribution in [-0.4, -0.2) is 30.7 Å². The quantitative estimate of drug-likeness (QED) is 0.489. The van der Waals surface area contributed by atoms with E-state index in [2.05, 4.69) is 6.92 Å². The highest BCUT2D eigenvalue weighted by Gasteiger charge is 2.20. The van der Waals surface area contributed by atoms with Crippen LogP contribution in [-0.2, 0) is 4.74 Å². The predicted molar refractivity (Wildman–Crippen MR) is 51.3 cm³/mol. The predicted octanol–water partition coefficient (Wildman–Crippen LogP) is 2.28. The van der Waals surface area contributed by atoms with Crippen LogP contribution < -0.4 is 0 Å². The molecule has 0 unspecified atom stereocenters. The van der Waals surface area contributed by atoms with E-state index in [1.165, 1.54) is 19.3 Å². The first-order valence-electron chi connectivity index (χ1n) is 4.81. The standard InChI is InChI=1S/C9H18ClNO/c1-2-3-6-12-8-9-4-5-11(10)7-9/h9H,2-8H2,1H3/t9-/m1/s1. The van der Waals surface area contributed by atoms with Gasteiger partial charge in [-0.2, -0.15) is 0 Å². The summed E-state index contributed by atoms with van der Waals surface area (Å²) < 4.78 is 7.38. The van der Waals surface area contributed by atoms with Crippen molar-refractivity contribution in [2.45, 2.75) is 26.2 Å². The first-order valence-corrected chi connectivity index (χ1v) is 5.15. The van der Waals surface area contributed by atoms with Crippen molar-refractivity contribution in [3.63, 3.8) is 0 Å². The summed E-state index contributed by atoms with van der Waals surface area (Å²) in [6.45, 7) is 6.00. The summed E-state index contributed by atoms with van der Waals surface area (Å²) in [6, 6.07) is 0. The zero-order chi connectivity index (χ0) is 8.81. The second-order valence-electron chi connectivity index (χ2n) is 3.45. The molecule has 0 N–H and O–H groups in total. The third kappa shape index (κ3) is 3.74. The van der Waals surface area contributed by atoms with Crippen molar-refractivity contribution in [3.05, 3.63) is 0 Å². The molecule has 1 aliphatic heterocycles. The molecule has 0 bridgehead atoms. The largest absolute Gasteiger partial charge is 0.381 e. The first kappa shape index (κ1) is 10.3. The van der Waals surface area contributed by atoms with Crippen LogP contribution in [0.3, 0.4) is 0 Å². The van der Waals surface area contributed by atoms with Crippen LogP contribution in [0.25, 0.3) is 0 Å². The molecule has 0 saturated carbocycles. The molecule has 0 aromatic heterocycles. The molecule has 1 atom stereocenters. The lowest BCUT2D eigenvalue weighted by atomic mass is 10.1. The van der Waals surface area contributed by atoms with E-state index in [1.54, 1.807) is 0 Å². The van der Waals surface area contributed by atoms with E-state index in [9.17, 15) is 0 Å². The van der Waals surface area contributed by atoms with Gasteiger partial charge in [0.05, 0.1) is 6.61 Å². The van der Waals surface area contributed by atoms with Crippen LogP contribution in [0.4, 0.5) is 0 Å². The maximum Gasteiger partial charge on any atom is 0.0507 e. The lowest BCUT2D eigenvalue weighted by molar-refractivity contribution is 0.101. The Morgan fingerprint density at radius 2 is 2.42 bits per heavy atom. The molecular weight excluding hydrogens is 174 g/mol. The van der Waals surface area contributed by atoms with Gasteiger partial charge in [0.1, 0.15) is 0 Å². The van der Waals surface area contributed by atoms with Gasteiger partial charge in [-0.15, -0.1) is 0 Å². The number of hydrogen-bond acceptors (Lipinski definition) is 2.